The quantitative estimate of drug-likeness (QED) is 0.402. The second-order valence-electron chi connectivity index (χ2n) is 8.39. The number of carbonyl (C=O) groups excluding carboxylic acids is 1. The number of carbonyl (C=O) groups is 1. The van der Waals surface area contributed by atoms with Crippen molar-refractivity contribution in [3.05, 3.63) is 66.6 Å². The average molecular weight is 441 g/mol. The second-order valence-corrected chi connectivity index (χ2v) is 8.39. The minimum absolute atomic E-state index is 0.180. The molecule has 1 amide bonds. The molecular weight excluding hydrogens is 419 g/mol. The highest BCUT2D eigenvalue weighted by atomic mass is 19.4. The van der Waals surface area contributed by atoms with Crippen molar-refractivity contribution in [2.45, 2.75) is 32.0 Å². The molecule has 0 saturated carbocycles. The topological polar surface area (TPSA) is 88.7 Å². The number of hydrogen-bond acceptors (Lipinski definition) is 3. The van der Waals surface area contributed by atoms with E-state index in [1.165, 1.54) is 16.8 Å². The van der Waals surface area contributed by atoms with Gasteiger partial charge in [-0.05, 0) is 55.8 Å². The Morgan fingerprint density at radius 2 is 1.84 bits per heavy atom. The monoisotopic (exact) mass is 441 g/mol. The fourth-order valence-electron chi connectivity index (χ4n) is 3.43. The number of halogens is 3. The number of aromatic nitrogens is 3. The number of nitrogens with zero attached hydrogens (tertiary/aromatic N) is 2. The molecule has 0 fully saturated rings. The van der Waals surface area contributed by atoms with Gasteiger partial charge in [0.2, 0.25) is 5.91 Å². The molecule has 0 spiro atoms. The molecule has 4 aromatic rings. The first-order valence-electron chi connectivity index (χ1n) is 9.92. The number of rotatable bonds is 5. The van der Waals surface area contributed by atoms with Crippen molar-refractivity contribution in [3.63, 3.8) is 0 Å². The Morgan fingerprint density at radius 3 is 2.50 bits per heavy atom. The molecule has 0 unspecified atom stereocenters. The highest BCUT2D eigenvalue weighted by Crippen LogP contribution is 2.31. The van der Waals surface area contributed by atoms with Crippen LogP contribution in [0.1, 0.15) is 25.8 Å². The van der Waals surface area contributed by atoms with Gasteiger partial charge in [0.25, 0.3) is 0 Å². The van der Waals surface area contributed by atoms with Crippen LogP contribution in [-0.2, 0) is 11.0 Å². The van der Waals surface area contributed by atoms with E-state index in [2.05, 4.69) is 15.4 Å². The Morgan fingerprint density at radius 1 is 1.12 bits per heavy atom. The van der Waals surface area contributed by atoms with E-state index in [1.54, 1.807) is 32.4 Å². The van der Waals surface area contributed by atoms with Gasteiger partial charge >= 0.3 is 6.18 Å². The molecule has 32 heavy (non-hydrogen) atoms. The lowest BCUT2D eigenvalue weighted by Crippen LogP contribution is -2.36. The van der Waals surface area contributed by atoms with Crippen LogP contribution >= 0.6 is 0 Å². The number of aromatic amines is 1. The lowest BCUT2D eigenvalue weighted by Gasteiger charge is -2.17. The van der Waals surface area contributed by atoms with Gasteiger partial charge in [-0.25, -0.2) is 4.68 Å². The first-order valence-corrected chi connectivity index (χ1v) is 9.92. The van der Waals surface area contributed by atoms with E-state index in [0.29, 0.717) is 11.4 Å². The normalized spacial score (nSPS) is 12.3. The molecule has 0 aliphatic carbocycles. The molecular formula is C23H22F3N5O. The maximum atomic E-state index is 12.8. The van der Waals surface area contributed by atoms with Crippen molar-refractivity contribution in [2.24, 2.45) is 5.73 Å². The standard InChI is InChI=1S/C23H22F3N5O/c1-22(2,27)10-21(32)30-20-12-28-19-8-3-14(9-18(19)20)15-11-29-31(13-15)17-6-4-16(5-7-17)23(24,25)26/h3-9,11-13,28H,10,27H2,1-2H3,(H,30,32). The van der Waals surface area contributed by atoms with Crippen molar-refractivity contribution in [1.29, 1.82) is 0 Å². The van der Waals surface area contributed by atoms with Gasteiger partial charge in [0, 0.05) is 40.8 Å². The third-order valence-corrected chi connectivity index (χ3v) is 4.95. The molecule has 4 rings (SSSR count). The summed E-state index contributed by atoms with van der Waals surface area (Å²) in [7, 11) is 0. The molecule has 2 aromatic heterocycles. The highest BCUT2D eigenvalue weighted by Gasteiger charge is 2.30. The van der Waals surface area contributed by atoms with Gasteiger partial charge in [-0.2, -0.15) is 18.3 Å². The van der Waals surface area contributed by atoms with Crippen LogP contribution in [0.2, 0.25) is 0 Å². The number of hydrogen-bond donors (Lipinski definition) is 3. The van der Waals surface area contributed by atoms with Gasteiger partial charge < -0.3 is 16.0 Å². The predicted octanol–water partition coefficient (Wildman–Crippen LogP) is 5.11. The summed E-state index contributed by atoms with van der Waals surface area (Å²) >= 11 is 0. The van der Waals surface area contributed by atoms with E-state index in [-0.39, 0.29) is 12.3 Å². The Hall–Kier alpha value is -3.59. The van der Waals surface area contributed by atoms with E-state index < -0.39 is 17.3 Å². The third-order valence-electron chi connectivity index (χ3n) is 4.95. The molecule has 0 atom stereocenters. The van der Waals surface area contributed by atoms with Crippen molar-refractivity contribution in [2.75, 3.05) is 5.32 Å². The Bertz CT molecular complexity index is 1260. The summed E-state index contributed by atoms with van der Waals surface area (Å²) in [5.74, 6) is -0.182. The Kier molecular flexibility index (Phi) is 5.29. The van der Waals surface area contributed by atoms with Crippen LogP contribution < -0.4 is 11.1 Å². The lowest BCUT2D eigenvalue weighted by atomic mass is 10.0. The molecule has 0 saturated heterocycles. The lowest BCUT2D eigenvalue weighted by molar-refractivity contribution is -0.137. The average Bonchev–Trinajstić information content (AvgIpc) is 3.33. The molecule has 0 aliphatic heterocycles. The zero-order valence-electron chi connectivity index (χ0n) is 17.5. The zero-order valence-corrected chi connectivity index (χ0v) is 17.5. The van der Waals surface area contributed by atoms with Crippen LogP contribution in [-0.4, -0.2) is 26.2 Å². The molecule has 0 bridgehead atoms. The first kappa shape index (κ1) is 21.6. The molecule has 4 N–H and O–H groups in total. The van der Waals surface area contributed by atoms with Crippen molar-refractivity contribution in [1.82, 2.24) is 14.8 Å². The summed E-state index contributed by atoms with van der Waals surface area (Å²) in [5, 5.41) is 7.99. The SMILES string of the molecule is CC(C)(N)CC(=O)Nc1c[nH]c2ccc(-c3cnn(-c4ccc(C(F)(F)F)cc4)c3)cc12. The summed E-state index contributed by atoms with van der Waals surface area (Å²) in [5.41, 5.74) is 8.25. The summed E-state index contributed by atoms with van der Waals surface area (Å²) in [4.78, 5) is 15.4. The summed E-state index contributed by atoms with van der Waals surface area (Å²) in [6, 6.07) is 10.5. The van der Waals surface area contributed by atoms with E-state index in [1.807, 2.05) is 18.2 Å². The maximum Gasteiger partial charge on any atom is 0.416 e. The van der Waals surface area contributed by atoms with Gasteiger partial charge in [0.1, 0.15) is 0 Å². The number of amides is 1. The molecule has 2 heterocycles. The van der Waals surface area contributed by atoms with Crippen LogP contribution in [0.4, 0.5) is 18.9 Å². The second kappa shape index (κ2) is 7.83. The molecule has 166 valence electrons. The molecule has 0 aliphatic rings. The highest BCUT2D eigenvalue weighted by molar-refractivity contribution is 6.03. The number of alkyl halides is 3. The number of anilines is 1. The van der Waals surface area contributed by atoms with Gasteiger partial charge in [0.15, 0.2) is 0 Å². The van der Waals surface area contributed by atoms with Crippen LogP contribution in [0.5, 0.6) is 0 Å². The number of nitrogens with two attached hydrogens (primary N) is 1. The van der Waals surface area contributed by atoms with Gasteiger partial charge in [-0.3, -0.25) is 4.79 Å². The molecule has 9 heteroatoms. The van der Waals surface area contributed by atoms with Crippen molar-refractivity contribution in [3.8, 4) is 16.8 Å². The van der Waals surface area contributed by atoms with Crippen LogP contribution in [0.15, 0.2) is 61.1 Å². The van der Waals surface area contributed by atoms with Crippen LogP contribution in [0, 0.1) is 0 Å². The Labute approximate surface area is 182 Å². The maximum absolute atomic E-state index is 12.8. The number of H-pyrrole nitrogens is 1. The summed E-state index contributed by atoms with van der Waals surface area (Å²) in [6.07, 6.45) is 0.903. The zero-order chi connectivity index (χ0) is 23.1. The minimum Gasteiger partial charge on any atom is -0.359 e. The van der Waals surface area contributed by atoms with Crippen LogP contribution in [0.3, 0.4) is 0 Å². The largest absolute Gasteiger partial charge is 0.416 e. The Balaban J connectivity index is 1.59. The molecule has 2 aromatic carbocycles. The smallest absolute Gasteiger partial charge is 0.359 e. The van der Waals surface area contributed by atoms with Crippen LogP contribution in [0.25, 0.3) is 27.7 Å². The van der Waals surface area contributed by atoms with Gasteiger partial charge in [-0.1, -0.05) is 6.07 Å². The van der Waals surface area contributed by atoms with Gasteiger partial charge in [-0.15, -0.1) is 0 Å². The van der Waals surface area contributed by atoms with E-state index >= 15 is 0 Å². The predicted molar refractivity (Wildman–Crippen MR) is 117 cm³/mol. The minimum atomic E-state index is -4.38. The fraction of sp³-hybridized carbons (Fsp3) is 0.217. The van der Waals surface area contributed by atoms with E-state index in [4.69, 9.17) is 5.73 Å². The molecule has 0 radical (unpaired) electrons. The first-order chi connectivity index (χ1) is 15.0. The molecule has 6 nitrogen and oxygen atoms in total. The summed E-state index contributed by atoms with van der Waals surface area (Å²) < 4.78 is 39.9. The third kappa shape index (κ3) is 4.67. The number of benzene rings is 2. The summed E-state index contributed by atoms with van der Waals surface area (Å²) in [6.45, 7) is 3.57. The number of fused-ring (bicyclic) bond motifs is 1. The fourth-order valence-corrected chi connectivity index (χ4v) is 3.43. The number of nitrogens with one attached hydrogen (secondary N) is 2. The van der Waals surface area contributed by atoms with Crippen molar-refractivity contribution < 1.29 is 18.0 Å². The van der Waals surface area contributed by atoms with E-state index in [0.717, 1.165) is 34.2 Å². The van der Waals surface area contributed by atoms with Gasteiger partial charge in [0.05, 0.1) is 23.1 Å². The van der Waals surface area contributed by atoms with E-state index in [9.17, 15) is 18.0 Å². The van der Waals surface area contributed by atoms with Crippen molar-refractivity contribution >= 4 is 22.5 Å².